The van der Waals surface area contributed by atoms with E-state index >= 15 is 0 Å². The van der Waals surface area contributed by atoms with Gasteiger partial charge in [-0.3, -0.25) is 10.1 Å². The van der Waals surface area contributed by atoms with Gasteiger partial charge in [0.05, 0.1) is 10.5 Å². The van der Waals surface area contributed by atoms with E-state index in [-0.39, 0.29) is 17.7 Å². The first kappa shape index (κ1) is 14.9. The topological polar surface area (TPSA) is 124 Å². The van der Waals surface area contributed by atoms with Crippen molar-refractivity contribution in [3.05, 3.63) is 27.8 Å². The molecule has 1 aromatic rings. The Bertz CT molecular complexity index is 636. The third kappa shape index (κ3) is 3.19. The Kier molecular flexibility index (Phi) is 4.10. The van der Waals surface area contributed by atoms with Crippen molar-refractivity contribution >= 4 is 21.7 Å². The molecule has 0 unspecified atom stereocenters. The monoisotopic (exact) mass is 289 g/mol. The Morgan fingerprint density at radius 2 is 2.05 bits per heavy atom. The van der Waals surface area contributed by atoms with Crippen LogP contribution in [0.1, 0.15) is 12.5 Å². The molecule has 0 aliphatic heterocycles. The maximum Gasteiger partial charge on any atom is 0.511 e. The molecule has 0 bridgehead atoms. The van der Waals surface area contributed by atoms with Crippen LogP contribution in [0.4, 0.5) is 10.5 Å². The second-order valence-corrected chi connectivity index (χ2v) is 5.59. The molecule has 1 rings (SSSR count). The lowest BCUT2D eigenvalue weighted by Crippen LogP contribution is -2.11. The summed E-state index contributed by atoms with van der Waals surface area (Å²) in [6.07, 6.45) is -0.809. The largest absolute Gasteiger partial charge is 0.511 e. The molecule has 0 saturated heterocycles. The van der Waals surface area contributed by atoms with E-state index in [1.54, 1.807) is 0 Å². The van der Waals surface area contributed by atoms with Gasteiger partial charge >= 0.3 is 6.16 Å². The summed E-state index contributed by atoms with van der Waals surface area (Å²) < 4.78 is 27.8. The van der Waals surface area contributed by atoms with E-state index in [9.17, 15) is 23.3 Å². The van der Waals surface area contributed by atoms with Gasteiger partial charge in [-0.15, -0.1) is 0 Å². The first-order valence-electron chi connectivity index (χ1n) is 5.09. The molecule has 0 amide bonds. The SMILES string of the molecule is CCc1c([N+](=O)[O-])ccc(OC(=O)O)c1S(C)(=O)=O. The summed E-state index contributed by atoms with van der Waals surface area (Å²) in [6.45, 7) is 1.53. The molecular weight excluding hydrogens is 278 g/mol. The number of nitro groups is 1. The Morgan fingerprint density at radius 3 is 2.42 bits per heavy atom. The van der Waals surface area contributed by atoms with Gasteiger partial charge in [-0.25, -0.2) is 13.2 Å². The highest BCUT2D eigenvalue weighted by Crippen LogP contribution is 2.34. The van der Waals surface area contributed by atoms with Crippen LogP contribution in [0.25, 0.3) is 0 Å². The molecule has 9 heteroatoms. The van der Waals surface area contributed by atoms with Gasteiger partial charge in [0, 0.05) is 12.3 Å². The maximum atomic E-state index is 11.7. The smallest absolute Gasteiger partial charge is 0.449 e. The normalized spacial score (nSPS) is 11.1. The molecule has 1 aromatic carbocycles. The number of hydrogen-bond donors (Lipinski definition) is 1. The van der Waals surface area contributed by atoms with Gasteiger partial charge < -0.3 is 9.84 Å². The summed E-state index contributed by atoms with van der Waals surface area (Å²) in [5.74, 6) is -0.433. The van der Waals surface area contributed by atoms with Crippen LogP contribution in [-0.4, -0.2) is 30.9 Å². The van der Waals surface area contributed by atoms with Crippen molar-refractivity contribution in [3.8, 4) is 5.75 Å². The first-order chi connectivity index (χ1) is 8.68. The molecular formula is C10H11NO7S. The van der Waals surface area contributed by atoms with Crippen molar-refractivity contribution in [1.82, 2.24) is 0 Å². The van der Waals surface area contributed by atoms with E-state index in [4.69, 9.17) is 5.11 Å². The molecule has 0 spiro atoms. The van der Waals surface area contributed by atoms with E-state index < -0.39 is 31.6 Å². The summed E-state index contributed by atoms with van der Waals surface area (Å²) in [6, 6.07) is 1.98. The molecule has 0 atom stereocenters. The third-order valence-corrected chi connectivity index (χ3v) is 3.51. The van der Waals surface area contributed by atoms with Crippen LogP contribution in [0.3, 0.4) is 0 Å². The standard InChI is InChI=1S/C10H11NO7S/c1-3-6-7(11(14)15)4-5-8(18-10(12)13)9(6)19(2,16)17/h4-5H,3H2,1-2H3,(H,12,13). The summed E-state index contributed by atoms with van der Waals surface area (Å²) >= 11 is 0. The molecule has 0 fully saturated rings. The Morgan fingerprint density at radius 1 is 1.47 bits per heavy atom. The molecule has 1 N–H and O–H groups in total. The highest BCUT2D eigenvalue weighted by atomic mass is 32.2. The van der Waals surface area contributed by atoms with Crippen molar-refractivity contribution in [3.63, 3.8) is 0 Å². The Labute approximate surface area is 108 Å². The number of benzene rings is 1. The average molecular weight is 289 g/mol. The van der Waals surface area contributed by atoms with E-state index in [0.29, 0.717) is 0 Å². The van der Waals surface area contributed by atoms with Crippen molar-refractivity contribution in [2.45, 2.75) is 18.2 Å². The third-order valence-electron chi connectivity index (χ3n) is 2.32. The minimum absolute atomic E-state index is 0.0511. The van der Waals surface area contributed by atoms with Gasteiger partial charge in [0.15, 0.2) is 15.6 Å². The molecule has 0 aromatic heterocycles. The fourth-order valence-electron chi connectivity index (χ4n) is 1.69. The predicted molar refractivity (Wildman–Crippen MR) is 64.2 cm³/mol. The van der Waals surface area contributed by atoms with E-state index in [2.05, 4.69) is 4.74 Å². The molecule has 0 heterocycles. The summed E-state index contributed by atoms with van der Waals surface area (Å²) in [7, 11) is -3.87. The zero-order chi connectivity index (χ0) is 14.8. The number of rotatable bonds is 4. The minimum atomic E-state index is -3.87. The second-order valence-electron chi connectivity index (χ2n) is 3.64. The molecule has 0 aliphatic rings. The van der Waals surface area contributed by atoms with Crippen molar-refractivity contribution in [2.24, 2.45) is 0 Å². The van der Waals surface area contributed by atoms with Crippen LogP contribution in [0, 0.1) is 10.1 Å². The Hall–Kier alpha value is -2.16. The number of carbonyl (C=O) groups is 1. The van der Waals surface area contributed by atoms with Crippen LogP contribution in [0.15, 0.2) is 17.0 Å². The average Bonchev–Trinajstić information content (AvgIpc) is 2.25. The van der Waals surface area contributed by atoms with Gasteiger partial charge in [0.2, 0.25) is 0 Å². The number of hydrogen-bond acceptors (Lipinski definition) is 6. The quantitative estimate of drug-likeness (QED) is 0.386. The van der Waals surface area contributed by atoms with Crippen molar-refractivity contribution in [1.29, 1.82) is 0 Å². The molecule has 8 nitrogen and oxygen atoms in total. The fourth-order valence-corrected chi connectivity index (χ4v) is 2.86. The summed E-state index contributed by atoms with van der Waals surface area (Å²) in [4.78, 5) is 20.2. The number of nitrogens with zero attached hydrogens (tertiary/aromatic N) is 1. The van der Waals surface area contributed by atoms with Crippen LogP contribution >= 0.6 is 0 Å². The Balaban J connectivity index is 3.70. The lowest BCUT2D eigenvalue weighted by atomic mass is 10.1. The van der Waals surface area contributed by atoms with Crippen LogP contribution < -0.4 is 4.74 Å². The van der Waals surface area contributed by atoms with Crippen LogP contribution in [-0.2, 0) is 16.3 Å². The molecule has 0 radical (unpaired) electrons. The molecule has 19 heavy (non-hydrogen) atoms. The van der Waals surface area contributed by atoms with Crippen LogP contribution in [0.2, 0.25) is 0 Å². The lowest BCUT2D eigenvalue weighted by molar-refractivity contribution is -0.385. The van der Waals surface area contributed by atoms with E-state index in [1.165, 1.54) is 6.92 Å². The fraction of sp³-hybridized carbons (Fsp3) is 0.300. The van der Waals surface area contributed by atoms with Gasteiger partial charge in [-0.2, -0.15) is 0 Å². The van der Waals surface area contributed by atoms with Crippen molar-refractivity contribution in [2.75, 3.05) is 6.26 Å². The summed E-state index contributed by atoms with van der Waals surface area (Å²) in [5.41, 5.74) is -0.466. The van der Waals surface area contributed by atoms with Crippen molar-refractivity contribution < 1.29 is 28.0 Å². The van der Waals surface area contributed by atoms with E-state index in [0.717, 1.165) is 18.4 Å². The number of ether oxygens (including phenoxy) is 1. The number of carboxylic acid groups (broad SMARTS) is 1. The minimum Gasteiger partial charge on any atom is -0.449 e. The molecule has 104 valence electrons. The van der Waals surface area contributed by atoms with Gasteiger partial charge in [-0.05, 0) is 12.5 Å². The predicted octanol–water partition coefficient (Wildman–Crippen LogP) is 1.62. The zero-order valence-electron chi connectivity index (χ0n) is 10.1. The molecule has 0 aliphatic carbocycles. The lowest BCUT2D eigenvalue weighted by Gasteiger charge is -2.11. The van der Waals surface area contributed by atoms with Gasteiger partial charge in [0.25, 0.3) is 5.69 Å². The highest BCUT2D eigenvalue weighted by molar-refractivity contribution is 7.90. The van der Waals surface area contributed by atoms with Crippen LogP contribution in [0.5, 0.6) is 5.75 Å². The first-order valence-corrected chi connectivity index (χ1v) is 6.98. The van der Waals surface area contributed by atoms with Gasteiger partial charge in [-0.1, -0.05) is 6.92 Å². The second kappa shape index (κ2) is 5.22. The number of nitro benzene ring substituents is 1. The van der Waals surface area contributed by atoms with E-state index in [1.807, 2.05) is 0 Å². The highest BCUT2D eigenvalue weighted by Gasteiger charge is 2.27. The zero-order valence-corrected chi connectivity index (χ0v) is 10.9. The number of sulfone groups is 1. The summed E-state index contributed by atoms with van der Waals surface area (Å²) in [5, 5.41) is 19.4. The van der Waals surface area contributed by atoms with Gasteiger partial charge in [0.1, 0.15) is 4.90 Å². The maximum absolute atomic E-state index is 11.7. The molecule has 0 saturated carbocycles.